The molecule has 110 valence electrons. The van der Waals surface area contributed by atoms with E-state index in [0.717, 1.165) is 16.7 Å². The Balaban J connectivity index is 2.09. The number of rotatable bonds is 2. The molecule has 0 fully saturated rings. The summed E-state index contributed by atoms with van der Waals surface area (Å²) in [6, 6.07) is 8.46. The molecule has 2 aromatic heterocycles. The lowest BCUT2D eigenvalue weighted by Crippen LogP contribution is -2.14. The summed E-state index contributed by atoms with van der Waals surface area (Å²) < 4.78 is 1.92. The van der Waals surface area contributed by atoms with Gasteiger partial charge < -0.3 is 5.73 Å². The molecule has 0 bridgehead atoms. The van der Waals surface area contributed by atoms with Gasteiger partial charge in [-0.25, -0.2) is 4.68 Å². The normalized spacial score (nSPS) is 12.2. The van der Waals surface area contributed by atoms with Gasteiger partial charge in [-0.05, 0) is 12.5 Å². The minimum Gasteiger partial charge on any atom is -0.383 e. The molecule has 0 atom stereocenters. The van der Waals surface area contributed by atoms with E-state index in [1.165, 1.54) is 11.1 Å². The number of hydrogen-bond acceptors (Lipinski definition) is 3. The minimum atomic E-state index is -0.0746. The second kappa shape index (κ2) is 4.62. The molecule has 0 unspecified atom stereocenters. The van der Waals surface area contributed by atoms with E-state index >= 15 is 0 Å². The third kappa shape index (κ3) is 2.39. The number of benzene rings is 1. The molecule has 2 heterocycles. The number of nitrogens with one attached hydrogen (secondary N) is 1. The van der Waals surface area contributed by atoms with Crippen LogP contribution in [-0.4, -0.2) is 20.0 Å². The van der Waals surface area contributed by atoms with E-state index in [-0.39, 0.29) is 5.41 Å². The lowest BCUT2D eigenvalue weighted by molar-refractivity contribution is 0.549. The number of nitrogens with zero attached hydrogens (tertiary/aromatic N) is 3. The van der Waals surface area contributed by atoms with Crippen LogP contribution in [0.4, 0.5) is 5.82 Å². The van der Waals surface area contributed by atoms with Crippen molar-refractivity contribution >= 4 is 16.9 Å². The average Bonchev–Trinajstić information content (AvgIpc) is 2.94. The van der Waals surface area contributed by atoms with Gasteiger partial charge in [-0.3, -0.25) is 5.10 Å². The van der Waals surface area contributed by atoms with Crippen molar-refractivity contribution in [1.82, 2.24) is 20.0 Å². The highest BCUT2D eigenvalue weighted by Gasteiger charge is 2.25. The van der Waals surface area contributed by atoms with Crippen LogP contribution in [0.5, 0.6) is 0 Å². The number of aromatic amines is 1. The zero-order valence-corrected chi connectivity index (χ0v) is 12.9. The van der Waals surface area contributed by atoms with Crippen molar-refractivity contribution < 1.29 is 0 Å². The number of nitrogen functional groups attached to an aromatic ring is 1. The molecule has 0 aliphatic carbocycles. The number of nitrogens with two attached hydrogens (primary N) is 1. The van der Waals surface area contributed by atoms with Gasteiger partial charge in [0.15, 0.2) is 5.65 Å². The van der Waals surface area contributed by atoms with Crippen LogP contribution in [0.25, 0.3) is 11.0 Å². The molecule has 1 aromatic carbocycles. The second-order valence-electron chi connectivity index (χ2n) is 6.58. The van der Waals surface area contributed by atoms with Crippen molar-refractivity contribution in [2.45, 2.75) is 39.7 Å². The third-order valence-corrected chi connectivity index (χ3v) is 3.64. The fourth-order valence-electron chi connectivity index (χ4n) is 2.49. The first-order valence-electron chi connectivity index (χ1n) is 7.12. The molecule has 5 nitrogen and oxygen atoms in total. The molecule has 0 aliphatic rings. The van der Waals surface area contributed by atoms with Crippen molar-refractivity contribution in [3.8, 4) is 0 Å². The summed E-state index contributed by atoms with van der Waals surface area (Å²) in [6.45, 7) is 9.19. The van der Waals surface area contributed by atoms with Crippen LogP contribution in [0, 0.1) is 6.92 Å². The summed E-state index contributed by atoms with van der Waals surface area (Å²) in [5, 5.41) is 12.9. The van der Waals surface area contributed by atoms with Crippen molar-refractivity contribution in [1.29, 1.82) is 0 Å². The maximum atomic E-state index is 6.03. The molecule has 3 N–H and O–H groups in total. The first-order valence-corrected chi connectivity index (χ1v) is 7.12. The quantitative estimate of drug-likeness (QED) is 0.759. The van der Waals surface area contributed by atoms with E-state index in [1.807, 2.05) is 4.68 Å². The largest absolute Gasteiger partial charge is 0.383 e. The van der Waals surface area contributed by atoms with Gasteiger partial charge in [0, 0.05) is 5.41 Å². The van der Waals surface area contributed by atoms with E-state index in [1.54, 1.807) is 0 Å². The number of anilines is 1. The van der Waals surface area contributed by atoms with E-state index < -0.39 is 0 Å². The zero-order valence-electron chi connectivity index (χ0n) is 12.9. The smallest absolute Gasteiger partial charge is 0.182 e. The monoisotopic (exact) mass is 283 g/mol. The molecule has 0 aliphatic heterocycles. The van der Waals surface area contributed by atoms with Crippen LogP contribution in [0.1, 0.15) is 37.6 Å². The molecule has 0 spiro atoms. The number of aromatic nitrogens is 4. The van der Waals surface area contributed by atoms with Gasteiger partial charge in [-0.15, -0.1) is 0 Å². The SMILES string of the molecule is Cc1ccc(Cn2nc(C(C)(C)C)c3c(N)[nH]nc32)cc1. The second-order valence-corrected chi connectivity index (χ2v) is 6.58. The predicted molar refractivity (Wildman–Crippen MR) is 85.3 cm³/mol. The van der Waals surface area contributed by atoms with Crippen LogP contribution in [0.15, 0.2) is 24.3 Å². The lowest BCUT2D eigenvalue weighted by atomic mass is 9.91. The topological polar surface area (TPSA) is 72.5 Å². The summed E-state index contributed by atoms with van der Waals surface area (Å²) in [4.78, 5) is 0. The molecule has 3 aromatic rings. The van der Waals surface area contributed by atoms with Crippen LogP contribution < -0.4 is 5.73 Å². The Morgan fingerprint density at radius 1 is 1.19 bits per heavy atom. The zero-order chi connectivity index (χ0) is 15.2. The summed E-state index contributed by atoms with van der Waals surface area (Å²) >= 11 is 0. The van der Waals surface area contributed by atoms with Crippen molar-refractivity contribution in [3.05, 3.63) is 41.1 Å². The molecule has 5 heteroatoms. The highest BCUT2D eigenvalue weighted by atomic mass is 15.3. The van der Waals surface area contributed by atoms with Crippen LogP contribution in [0.2, 0.25) is 0 Å². The predicted octanol–water partition coefficient (Wildman–Crippen LogP) is 3.00. The van der Waals surface area contributed by atoms with Gasteiger partial charge in [0.1, 0.15) is 5.82 Å². The Labute approximate surface area is 124 Å². The molecule has 0 saturated heterocycles. The molecular weight excluding hydrogens is 262 g/mol. The Morgan fingerprint density at radius 3 is 2.48 bits per heavy atom. The molecule has 0 saturated carbocycles. The fourth-order valence-corrected chi connectivity index (χ4v) is 2.49. The Kier molecular flexibility index (Phi) is 3.01. The summed E-state index contributed by atoms with van der Waals surface area (Å²) in [6.07, 6.45) is 0. The highest BCUT2D eigenvalue weighted by molar-refractivity contribution is 5.89. The Morgan fingerprint density at radius 2 is 1.86 bits per heavy atom. The Bertz CT molecular complexity index is 771. The maximum Gasteiger partial charge on any atom is 0.182 e. The van der Waals surface area contributed by atoms with Gasteiger partial charge in [0.2, 0.25) is 0 Å². The van der Waals surface area contributed by atoms with E-state index in [9.17, 15) is 0 Å². The van der Waals surface area contributed by atoms with Gasteiger partial charge in [0.25, 0.3) is 0 Å². The van der Waals surface area contributed by atoms with Crippen molar-refractivity contribution in [3.63, 3.8) is 0 Å². The first-order chi connectivity index (χ1) is 9.86. The van der Waals surface area contributed by atoms with Crippen molar-refractivity contribution in [2.75, 3.05) is 5.73 Å². The van der Waals surface area contributed by atoms with E-state index in [4.69, 9.17) is 10.8 Å². The summed E-state index contributed by atoms with van der Waals surface area (Å²) in [7, 11) is 0. The molecular formula is C16H21N5. The van der Waals surface area contributed by atoms with Crippen LogP contribution >= 0.6 is 0 Å². The van der Waals surface area contributed by atoms with Gasteiger partial charge >= 0.3 is 0 Å². The Hall–Kier alpha value is -2.30. The molecule has 0 amide bonds. The van der Waals surface area contributed by atoms with Crippen LogP contribution in [0.3, 0.4) is 0 Å². The average molecular weight is 283 g/mol. The summed E-state index contributed by atoms with van der Waals surface area (Å²) in [5.41, 5.74) is 10.2. The van der Waals surface area contributed by atoms with Crippen molar-refractivity contribution in [2.24, 2.45) is 0 Å². The van der Waals surface area contributed by atoms with Gasteiger partial charge in [-0.1, -0.05) is 50.6 Å². The van der Waals surface area contributed by atoms with E-state index in [0.29, 0.717) is 12.4 Å². The molecule has 0 radical (unpaired) electrons. The minimum absolute atomic E-state index is 0.0746. The fraction of sp³-hybridized carbons (Fsp3) is 0.375. The van der Waals surface area contributed by atoms with E-state index in [2.05, 4.69) is 62.2 Å². The van der Waals surface area contributed by atoms with Gasteiger partial charge in [-0.2, -0.15) is 10.2 Å². The molecule has 21 heavy (non-hydrogen) atoms. The number of aryl methyl sites for hydroxylation is 1. The van der Waals surface area contributed by atoms with Crippen LogP contribution in [-0.2, 0) is 12.0 Å². The number of H-pyrrole nitrogens is 1. The number of hydrogen-bond donors (Lipinski definition) is 2. The maximum absolute atomic E-state index is 6.03. The highest BCUT2D eigenvalue weighted by Crippen LogP contribution is 2.31. The molecule has 3 rings (SSSR count). The standard InChI is InChI=1S/C16H21N5/c1-10-5-7-11(8-6-10)9-21-15-12(14(17)18-19-15)13(20-21)16(2,3)4/h5-8H,9H2,1-4H3,(H3,17,18,19). The summed E-state index contributed by atoms with van der Waals surface area (Å²) in [5.74, 6) is 0.588. The lowest BCUT2D eigenvalue weighted by Gasteiger charge is -2.15. The first kappa shape index (κ1) is 13.7. The third-order valence-electron chi connectivity index (χ3n) is 3.64. The van der Waals surface area contributed by atoms with Gasteiger partial charge in [0.05, 0.1) is 17.6 Å². The number of fused-ring (bicyclic) bond motifs is 1.